The lowest BCUT2D eigenvalue weighted by molar-refractivity contribution is 0.215. The average Bonchev–Trinajstić information content (AvgIpc) is 3.34. The number of hydrogen-bond acceptors (Lipinski definition) is 7. The molecular formula is C27H23N7O. The zero-order valence-corrected chi connectivity index (χ0v) is 19.3. The van der Waals surface area contributed by atoms with Crippen LogP contribution in [-0.4, -0.2) is 29.4 Å². The Morgan fingerprint density at radius 3 is 2.51 bits per heavy atom. The monoisotopic (exact) mass is 461 g/mol. The number of aryl methyl sites for hydroxylation is 1. The van der Waals surface area contributed by atoms with E-state index >= 15 is 0 Å². The summed E-state index contributed by atoms with van der Waals surface area (Å²) in [6, 6.07) is 19.2. The first kappa shape index (κ1) is 22.2. The van der Waals surface area contributed by atoms with E-state index in [-0.39, 0.29) is 6.04 Å². The summed E-state index contributed by atoms with van der Waals surface area (Å²) in [5, 5.41) is 23.5. The summed E-state index contributed by atoms with van der Waals surface area (Å²) in [7, 11) is 0. The molecule has 0 aliphatic carbocycles. The van der Waals surface area contributed by atoms with Gasteiger partial charge in [0.2, 0.25) is 5.95 Å². The van der Waals surface area contributed by atoms with E-state index in [1.54, 1.807) is 18.5 Å². The van der Waals surface area contributed by atoms with Crippen LogP contribution in [-0.2, 0) is 0 Å². The predicted octanol–water partition coefficient (Wildman–Crippen LogP) is 4.62. The van der Waals surface area contributed by atoms with Gasteiger partial charge >= 0.3 is 0 Å². The molecule has 2 atom stereocenters. The van der Waals surface area contributed by atoms with Crippen molar-refractivity contribution in [2.24, 2.45) is 0 Å². The van der Waals surface area contributed by atoms with Crippen molar-refractivity contribution in [3.63, 3.8) is 0 Å². The van der Waals surface area contributed by atoms with E-state index in [2.05, 4.69) is 31.3 Å². The van der Waals surface area contributed by atoms with Crippen molar-refractivity contribution in [1.29, 1.82) is 5.26 Å². The van der Waals surface area contributed by atoms with Gasteiger partial charge in [-0.25, -0.2) is 15.0 Å². The van der Waals surface area contributed by atoms with Gasteiger partial charge in [0.05, 0.1) is 35.4 Å². The number of aliphatic hydroxyl groups is 1. The minimum absolute atomic E-state index is 0.110. The van der Waals surface area contributed by atoms with Crippen molar-refractivity contribution < 1.29 is 5.11 Å². The second-order valence-electron chi connectivity index (χ2n) is 8.29. The Balaban J connectivity index is 1.39. The van der Waals surface area contributed by atoms with E-state index in [1.165, 1.54) is 6.20 Å². The normalized spacial score (nSPS) is 12.7. The SMILES string of the molecule is Cc1cccn2c(-c3nc(NC(C)c4ccc(C(O)c5ccccn5)cc4)ncc3C#N)cnc12. The van der Waals surface area contributed by atoms with E-state index in [0.717, 1.165) is 28.0 Å². The van der Waals surface area contributed by atoms with Gasteiger partial charge in [0, 0.05) is 12.4 Å². The van der Waals surface area contributed by atoms with Gasteiger partial charge in [0.15, 0.2) is 0 Å². The number of rotatable bonds is 6. The number of anilines is 1. The fourth-order valence-corrected chi connectivity index (χ4v) is 4.01. The van der Waals surface area contributed by atoms with Crippen LogP contribution in [0.2, 0.25) is 0 Å². The molecule has 8 nitrogen and oxygen atoms in total. The highest BCUT2D eigenvalue weighted by atomic mass is 16.3. The number of nitrogens with zero attached hydrogens (tertiary/aromatic N) is 6. The van der Waals surface area contributed by atoms with E-state index in [4.69, 9.17) is 0 Å². The number of pyridine rings is 2. The molecule has 0 saturated heterocycles. The van der Waals surface area contributed by atoms with Crippen molar-refractivity contribution in [1.82, 2.24) is 24.3 Å². The van der Waals surface area contributed by atoms with Crippen LogP contribution < -0.4 is 5.32 Å². The van der Waals surface area contributed by atoms with Crippen LogP contribution in [0, 0.1) is 18.3 Å². The van der Waals surface area contributed by atoms with Gasteiger partial charge in [-0.05, 0) is 48.7 Å². The maximum Gasteiger partial charge on any atom is 0.223 e. The molecule has 0 radical (unpaired) electrons. The molecule has 1 aromatic carbocycles. The molecule has 5 aromatic rings. The Kier molecular flexibility index (Phi) is 5.92. The summed E-state index contributed by atoms with van der Waals surface area (Å²) in [5.41, 5.74) is 5.85. The van der Waals surface area contributed by atoms with Gasteiger partial charge in [-0.1, -0.05) is 36.4 Å². The number of aromatic nitrogens is 5. The smallest absolute Gasteiger partial charge is 0.223 e. The molecule has 4 aromatic heterocycles. The highest BCUT2D eigenvalue weighted by molar-refractivity contribution is 5.68. The van der Waals surface area contributed by atoms with Crippen molar-refractivity contribution in [3.8, 4) is 17.5 Å². The number of fused-ring (bicyclic) bond motifs is 1. The van der Waals surface area contributed by atoms with Crippen LogP contribution in [0.4, 0.5) is 5.95 Å². The third-order valence-electron chi connectivity index (χ3n) is 5.95. The highest BCUT2D eigenvalue weighted by Gasteiger charge is 2.17. The van der Waals surface area contributed by atoms with Gasteiger partial charge in [-0.15, -0.1) is 0 Å². The first-order valence-corrected chi connectivity index (χ1v) is 11.2. The molecule has 0 spiro atoms. The molecule has 4 heterocycles. The Morgan fingerprint density at radius 1 is 0.971 bits per heavy atom. The van der Waals surface area contributed by atoms with Crippen LogP contribution in [0.25, 0.3) is 17.0 Å². The lowest BCUT2D eigenvalue weighted by Gasteiger charge is -2.17. The number of benzene rings is 1. The van der Waals surface area contributed by atoms with E-state index < -0.39 is 6.10 Å². The number of aliphatic hydroxyl groups excluding tert-OH is 1. The molecule has 0 bridgehead atoms. The van der Waals surface area contributed by atoms with E-state index in [1.807, 2.05) is 73.0 Å². The second kappa shape index (κ2) is 9.33. The van der Waals surface area contributed by atoms with Gasteiger partial charge in [-0.3, -0.25) is 9.38 Å². The molecule has 0 aliphatic heterocycles. The van der Waals surface area contributed by atoms with Gasteiger partial charge < -0.3 is 10.4 Å². The molecule has 0 saturated carbocycles. The summed E-state index contributed by atoms with van der Waals surface area (Å²) in [6.45, 7) is 4.00. The number of imidazole rings is 1. The van der Waals surface area contributed by atoms with Crippen LogP contribution in [0.5, 0.6) is 0 Å². The molecule has 2 unspecified atom stereocenters. The molecule has 0 aliphatic rings. The number of hydrogen-bond donors (Lipinski definition) is 2. The lowest BCUT2D eigenvalue weighted by atomic mass is 10.0. The standard InChI is InChI=1S/C27H23N7O/c1-17-6-5-13-34-23(16-30-26(17)34)24-21(14-28)15-31-27(33-24)32-18(2)19-8-10-20(11-9-19)25(35)22-7-3-4-12-29-22/h3-13,15-16,18,25,35H,1-2H3,(H,31,32,33). The fourth-order valence-electron chi connectivity index (χ4n) is 4.01. The van der Waals surface area contributed by atoms with Gasteiger partial charge in [0.25, 0.3) is 0 Å². The first-order chi connectivity index (χ1) is 17.0. The molecule has 0 amide bonds. The fraction of sp³-hybridized carbons (Fsp3) is 0.148. The summed E-state index contributed by atoms with van der Waals surface area (Å²) in [6.07, 6.45) is 6.04. The van der Waals surface area contributed by atoms with Crippen molar-refractivity contribution in [3.05, 3.63) is 107 Å². The van der Waals surface area contributed by atoms with Crippen LogP contribution in [0.3, 0.4) is 0 Å². The van der Waals surface area contributed by atoms with Crippen LogP contribution in [0.15, 0.2) is 79.4 Å². The first-order valence-electron chi connectivity index (χ1n) is 11.2. The number of nitriles is 1. The minimum atomic E-state index is -0.785. The maximum atomic E-state index is 10.6. The molecule has 172 valence electrons. The topological polar surface area (TPSA) is 112 Å². The Bertz CT molecular complexity index is 1520. The number of nitrogens with one attached hydrogen (secondary N) is 1. The summed E-state index contributed by atoms with van der Waals surface area (Å²) >= 11 is 0. The molecule has 0 fully saturated rings. The lowest BCUT2D eigenvalue weighted by Crippen LogP contribution is -2.11. The Labute approximate surface area is 202 Å². The third kappa shape index (κ3) is 4.33. The molecular weight excluding hydrogens is 438 g/mol. The third-order valence-corrected chi connectivity index (χ3v) is 5.95. The summed E-state index contributed by atoms with van der Waals surface area (Å²) in [5.74, 6) is 0.409. The molecule has 5 rings (SSSR count). The molecule has 35 heavy (non-hydrogen) atoms. The van der Waals surface area contributed by atoms with Gasteiger partial charge in [0.1, 0.15) is 23.5 Å². The molecule has 2 N–H and O–H groups in total. The Morgan fingerprint density at radius 2 is 1.77 bits per heavy atom. The van der Waals surface area contributed by atoms with Crippen molar-refractivity contribution >= 4 is 11.6 Å². The van der Waals surface area contributed by atoms with Crippen molar-refractivity contribution in [2.45, 2.75) is 26.0 Å². The van der Waals surface area contributed by atoms with Crippen molar-refractivity contribution in [2.75, 3.05) is 5.32 Å². The molecule has 8 heteroatoms. The predicted molar refractivity (Wildman–Crippen MR) is 132 cm³/mol. The largest absolute Gasteiger partial charge is 0.382 e. The minimum Gasteiger partial charge on any atom is -0.382 e. The quantitative estimate of drug-likeness (QED) is 0.379. The van der Waals surface area contributed by atoms with E-state index in [9.17, 15) is 10.4 Å². The second-order valence-corrected chi connectivity index (χ2v) is 8.29. The van der Waals surface area contributed by atoms with Crippen LogP contribution >= 0.6 is 0 Å². The summed E-state index contributed by atoms with van der Waals surface area (Å²) in [4.78, 5) is 17.7. The van der Waals surface area contributed by atoms with Crippen LogP contribution in [0.1, 0.15) is 47.0 Å². The summed E-state index contributed by atoms with van der Waals surface area (Å²) < 4.78 is 1.93. The Hall–Kier alpha value is -4.61. The maximum absolute atomic E-state index is 10.6. The van der Waals surface area contributed by atoms with Gasteiger partial charge in [-0.2, -0.15) is 5.26 Å². The zero-order valence-electron chi connectivity index (χ0n) is 19.3. The average molecular weight is 462 g/mol. The van der Waals surface area contributed by atoms with E-state index in [0.29, 0.717) is 22.9 Å². The highest BCUT2D eigenvalue weighted by Crippen LogP contribution is 2.27. The zero-order chi connectivity index (χ0) is 24.4.